The Balaban J connectivity index is 1.52. The number of imidazole rings is 1. The minimum Gasteiger partial charge on any atom is -0.370 e. The highest BCUT2D eigenvalue weighted by atomic mass is 15.0. The predicted molar refractivity (Wildman–Crippen MR) is 79.7 cm³/mol. The molecular weight excluding hydrogens is 250 g/mol. The van der Waals surface area contributed by atoms with Crippen LogP contribution >= 0.6 is 0 Å². The third kappa shape index (κ3) is 2.93. The standard InChI is InChI=1S/C15H17N5/c1-11-16-10-8-14(18-11)17-9-4-7-15-19-12-5-2-3-6-13(12)20-15/h2-3,5-6,8,10H,4,7,9H2,1H3,(H,19,20)(H,16,17,18). The van der Waals surface area contributed by atoms with Gasteiger partial charge in [0, 0.05) is 19.2 Å². The Bertz CT molecular complexity index is 671. The van der Waals surface area contributed by atoms with Gasteiger partial charge in [0.25, 0.3) is 0 Å². The zero-order valence-corrected chi connectivity index (χ0v) is 11.4. The number of aryl methyl sites for hydroxylation is 2. The first-order valence-electron chi connectivity index (χ1n) is 6.78. The summed E-state index contributed by atoms with van der Waals surface area (Å²) in [5.74, 6) is 2.70. The first-order valence-corrected chi connectivity index (χ1v) is 6.78. The van der Waals surface area contributed by atoms with Crippen molar-refractivity contribution in [2.75, 3.05) is 11.9 Å². The number of hydrogen-bond acceptors (Lipinski definition) is 4. The summed E-state index contributed by atoms with van der Waals surface area (Å²) in [6.07, 6.45) is 3.69. The Morgan fingerprint density at radius 3 is 2.90 bits per heavy atom. The summed E-state index contributed by atoms with van der Waals surface area (Å²) in [5.41, 5.74) is 2.13. The second kappa shape index (κ2) is 5.69. The number of fused-ring (bicyclic) bond motifs is 1. The van der Waals surface area contributed by atoms with Crippen molar-refractivity contribution in [3.05, 3.63) is 48.2 Å². The summed E-state index contributed by atoms with van der Waals surface area (Å²) in [4.78, 5) is 16.3. The fourth-order valence-corrected chi connectivity index (χ4v) is 2.15. The van der Waals surface area contributed by atoms with Crippen LogP contribution < -0.4 is 5.32 Å². The average Bonchev–Trinajstić information content (AvgIpc) is 2.86. The molecule has 0 aliphatic rings. The number of nitrogens with one attached hydrogen (secondary N) is 2. The van der Waals surface area contributed by atoms with Gasteiger partial charge in [-0.1, -0.05) is 12.1 Å². The van der Waals surface area contributed by atoms with Gasteiger partial charge in [0.15, 0.2) is 0 Å². The summed E-state index contributed by atoms with van der Waals surface area (Å²) in [6, 6.07) is 9.98. The van der Waals surface area contributed by atoms with Crippen molar-refractivity contribution in [3.8, 4) is 0 Å². The fourth-order valence-electron chi connectivity index (χ4n) is 2.15. The van der Waals surface area contributed by atoms with Gasteiger partial charge >= 0.3 is 0 Å². The molecular formula is C15H17N5. The number of aromatic amines is 1. The summed E-state index contributed by atoms with van der Waals surface area (Å²) in [6.45, 7) is 2.76. The van der Waals surface area contributed by atoms with Gasteiger partial charge in [-0.25, -0.2) is 15.0 Å². The molecule has 2 aromatic heterocycles. The maximum Gasteiger partial charge on any atom is 0.129 e. The van der Waals surface area contributed by atoms with Gasteiger partial charge in [-0.05, 0) is 31.5 Å². The Morgan fingerprint density at radius 1 is 1.15 bits per heavy atom. The minimum absolute atomic E-state index is 0.785. The largest absolute Gasteiger partial charge is 0.370 e. The third-order valence-electron chi connectivity index (χ3n) is 3.11. The molecule has 0 fully saturated rings. The van der Waals surface area contributed by atoms with Gasteiger partial charge in [-0.2, -0.15) is 0 Å². The van der Waals surface area contributed by atoms with E-state index in [2.05, 4.69) is 25.3 Å². The topological polar surface area (TPSA) is 66.5 Å². The quantitative estimate of drug-likeness (QED) is 0.697. The van der Waals surface area contributed by atoms with Gasteiger partial charge in [0.1, 0.15) is 17.5 Å². The molecule has 5 nitrogen and oxygen atoms in total. The normalized spacial score (nSPS) is 10.8. The van der Waals surface area contributed by atoms with Crippen LogP contribution in [0.25, 0.3) is 11.0 Å². The molecule has 3 aromatic rings. The van der Waals surface area contributed by atoms with E-state index in [1.165, 1.54) is 0 Å². The number of hydrogen-bond donors (Lipinski definition) is 2. The van der Waals surface area contributed by atoms with Crippen LogP contribution in [0.4, 0.5) is 5.82 Å². The zero-order valence-electron chi connectivity index (χ0n) is 11.4. The Morgan fingerprint density at radius 2 is 2.05 bits per heavy atom. The molecule has 1 aromatic carbocycles. The van der Waals surface area contributed by atoms with Crippen LogP contribution in [-0.4, -0.2) is 26.5 Å². The van der Waals surface area contributed by atoms with E-state index in [0.29, 0.717) is 0 Å². The number of benzene rings is 1. The molecule has 0 saturated carbocycles. The lowest BCUT2D eigenvalue weighted by Crippen LogP contribution is -2.06. The molecule has 2 N–H and O–H groups in total. The molecule has 0 spiro atoms. The Labute approximate surface area is 117 Å². The Hall–Kier alpha value is -2.43. The summed E-state index contributed by atoms with van der Waals surface area (Å²) in [7, 11) is 0. The van der Waals surface area contributed by atoms with Crippen molar-refractivity contribution in [1.29, 1.82) is 0 Å². The number of anilines is 1. The van der Waals surface area contributed by atoms with Gasteiger partial charge in [-0.3, -0.25) is 0 Å². The molecule has 20 heavy (non-hydrogen) atoms. The van der Waals surface area contributed by atoms with Crippen LogP contribution in [0.5, 0.6) is 0 Å². The van der Waals surface area contributed by atoms with E-state index in [9.17, 15) is 0 Å². The molecule has 0 saturated heterocycles. The lowest BCUT2D eigenvalue weighted by Gasteiger charge is -2.04. The number of nitrogens with zero attached hydrogens (tertiary/aromatic N) is 3. The average molecular weight is 267 g/mol. The third-order valence-corrected chi connectivity index (χ3v) is 3.11. The van der Waals surface area contributed by atoms with E-state index >= 15 is 0 Å². The van der Waals surface area contributed by atoms with Crippen molar-refractivity contribution >= 4 is 16.9 Å². The van der Waals surface area contributed by atoms with E-state index in [4.69, 9.17) is 0 Å². The zero-order chi connectivity index (χ0) is 13.8. The monoisotopic (exact) mass is 267 g/mol. The highest BCUT2D eigenvalue weighted by Gasteiger charge is 2.01. The van der Waals surface area contributed by atoms with Crippen molar-refractivity contribution in [3.63, 3.8) is 0 Å². The van der Waals surface area contributed by atoms with Gasteiger partial charge in [0.05, 0.1) is 11.0 Å². The molecule has 0 radical (unpaired) electrons. The van der Waals surface area contributed by atoms with Crippen LogP contribution in [0.3, 0.4) is 0 Å². The molecule has 0 aliphatic heterocycles. The summed E-state index contributed by atoms with van der Waals surface area (Å²) >= 11 is 0. The minimum atomic E-state index is 0.785. The number of aromatic nitrogens is 4. The molecule has 0 amide bonds. The number of H-pyrrole nitrogens is 1. The van der Waals surface area contributed by atoms with Crippen LogP contribution in [0.1, 0.15) is 18.1 Å². The van der Waals surface area contributed by atoms with Gasteiger partial charge in [-0.15, -0.1) is 0 Å². The van der Waals surface area contributed by atoms with E-state index in [-0.39, 0.29) is 0 Å². The lowest BCUT2D eigenvalue weighted by atomic mass is 10.3. The van der Waals surface area contributed by atoms with Crippen molar-refractivity contribution in [1.82, 2.24) is 19.9 Å². The summed E-state index contributed by atoms with van der Waals surface area (Å²) < 4.78 is 0. The van der Waals surface area contributed by atoms with Crippen LogP contribution in [0.15, 0.2) is 36.5 Å². The van der Waals surface area contributed by atoms with E-state index in [1.54, 1.807) is 6.20 Å². The lowest BCUT2D eigenvalue weighted by molar-refractivity contribution is 0.816. The molecule has 3 rings (SSSR count). The highest BCUT2D eigenvalue weighted by molar-refractivity contribution is 5.74. The molecule has 0 bridgehead atoms. The number of para-hydroxylation sites is 2. The van der Waals surface area contributed by atoms with Crippen LogP contribution in [0.2, 0.25) is 0 Å². The first-order chi connectivity index (χ1) is 9.81. The van der Waals surface area contributed by atoms with Gasteiger partial charge in [0.2, 0.25) is 0 Å². The molecule has 0 aliphatic carbocycles. The van der Waals surface area contributed by atoms with Gasteiger partial charge < -0.3 is 10.3 Å². The molecule has 2 heterocycles. The predicted octanol–water partition coefficient (Wildman–Crippen LogP) is 2.71. The van der Waals surface area contributed by atoms with Crippen molar-refractivity contribution in [2.24, 2.45) is 0 Å². The molecule has 5 heteroatoms. The SMILES string of the molecule is Cc1nccc(NCCCc2nc3ccccc3[nH]2)n1. The van der Waals surface area contributed by atoms with E-state index in [1.807, 2.05) is 37.3 Å². The van der Waals surface area contributed by atoms with E-state index in [0.717, 1.165) is 47.9 Å². The Kier molecular flexibility index (Phi) is 3.58. The molecule has 0 atom stereocenters. The highest BCUT2D eigenvalue weighted by Crippen LogP contribution is 2.11. The van der Waals surface area contributed by atoms with Crippen molar-refractivity contribution in [2.45, 2.75) is 19.8 Å². The summed E-state index contributed by atoms with van der Waals surface area (Å²) in [5, 5.41) is 3.30. The fraction of sp³-hybridized carbons (Fsp3) is 0.267. The second-order valence-electron chi connectivity index (χ2n) is 4.72. The molecule has 0 unspecified atom stereocenters. The van der Waals surface area contributed by atoms with E-state index < -0.39 is 0 Å². The molecule has 102 valence electrons. The maximum atomic E-state index is 4.56. The smallest absolute Gasteiger partial charge is 0.129 e. The van der Waals surface area contributed by atoms with Crippen LogP contribution in [-0.2, 0) is 6.42 Å². The maximum absolute atomic E-state index is 4.56. The van der Waals surface area contributed by atoms with Crippen molar-refractivity contribution < 1.29 is 0 Å². The first kappa shape index (κ1) is 12.6. The second-order valence-corrected chi connectivity index (χ2v) is 4.72. The van der Waals surface area contributed by atoms with Crippen LogP contribution in [0, 0.1) is 6.92 Å². The number of rotatable bonds is 5.